The SMILES string of the molecule is C=CCN1C(=O)/C(=C\c2ccccc2C#N)C(=O)NC1=S. The zero-order valence-corrected chi connectivity index (χ0v) is 11.8. The summed E-state index contributed by atoms with van der Waals surface area (Å²) in [4.78, 5) is 25.5. The average Bonchev–Trinajstić information content (AvgIpc) is 2.48. The van der Waals surface area contributed by atoms with Crippen molar-refractivity contribution >= 4 is 35.2 Å². The minimum atomic E-state index is -0.571. The van der Waals surface area contributed by atoms with Crippen LogP contribution in [-0.2, 0) is 9.59 Å². The molecule has 0 spiro atoms. The summed E-state index contributed by atoms with van der Waals surface area (Å²) >= 11 is 4.96. The van der Waals surface area contributed by atoms with Gasteiger partial charge < -0.3 is 0 Å². The van der Waals surface area contributed by atoms with Crippen LogP contribution in [0.1, 0.15) is 11.1 Å². The van der Waals surface area contributed by atoms with E-state index in [9.17, 15) is 9.59 Å². The van der Waals surface area contributed by atoms with Crippen LogP contribution in [0.3, 0.4) is 0 Å². The number of nitrogens with one attached hydrogen (secondary N) is 1. The second-order valence-corrected chi connectivity index (χ2v) is 4.61. The zero-order valence-electron chi connectivity index (χ0n) is 11.0. The first-order valence-electron chi connectivity index (χ1n) is 6.07. The van der Waals surface area contributed by atoms with E-state index in [0.717, 1.165) is 0 Å². The van der Waals surface area contributed by atoms with Crippen molar-refractivity contribution in [2.45, 2.75) is 0 Å². The Morgan fingerprint density at radius 3 is 2.76 bits per heavy atom. The van der Waals surface area contributed by atoms with E-state index in [1.807, 2.05) is 6.07 Å². The number of nitriles is 1. The molecule has 1 aromatic rings. The smallest absolute Gasteiger partial charge is 0.265 e. The van der Waals surface area contributed by atoms with Crippen molar-refractivity contribution in [3.8, 4) is 6.07 Å². The van der Waals surface area contributed by atoms with Crippen LogP contribution >= 0.6 is 12.2 Å². The Hall–Kier alpha value is -2.78. The highest BCUT2D eigenvalue weighted by Crippen LogP contribution is 2.17. The highest BCUT2D eigenvalue weighted by atomic mass is 32.1. The number of carbonyl (C=O) groups excluding carboxylic acids is 2. The quantitative estimate of drug-likeness (QED) is 0.396. The molecule has 1 heterocycles. The number of thiocarbonyl (C=S) groups is 1. The van der Waals surface area contributed by atoms with Crippen LogP contribution in [0.25, 0.3) is 6.08 Å². The van der Waals surface area contributed by atoms with Crippen LogP contribution in [-0.4, -0.2) is 28.4 Å². The molecule has 1 fully saturated rings. The van der Waals surface area contributed by atoms with Gasteiger partial charge in [-0.05, 0) is 29.9 Å². The summed E-state index contributed by atoms with van der Waals surface area (Å²) in [5.74, 6) is -1.07. The normalized spacial score (nSPS) is 16.6. The molecule has 104 valence electrons. The molecular weight excluding hydrogens is 286 g/mol. The molecule has 0 aliphatic carbocycles. The van der Waals surface area contributed by atoms with E-state index in [1.54, 1.807) is 24.3 Å². The lowest BCUT2D eigenvalue weighted by molar-refractivity contribution is -0.128. The molecule has 1 aliphatic rings. The number of carbonyl (C=O) groups is 2. The van der Waals surface area contributed by atoms with E-state index in [-0.39, 0.29) is 17.2 Å². The van der Waals surface area contributed by atoms with Gasteiger partial charge in [-0.2, -0.15) is 5.26 Å². The molecule has 0 atom stereocenters. The molecule has 0 unspecified atom stereocenters. The number of nitrogens with zero attached hydrogens (tertiary/aromatic N) is 2. The molecule has 1 N–H and O–H groups in total. The van der Waals surface area contributed by atoms with Gasteiger partial charge in [-0.3, -0.25) is 19.8 Å². The lowest BCUT2D eigenvalue weighted by Gasteiger charge is -2.27. The lowest BCUT2D eigenvalue weighted by Crippen LogP contribution is -2.53. The summed E-state index contributed by atoms with van der Waals surface area (Å²) < 4.78 is 0. The summed E-state index contributed by atoms with van der Waals surface area (Å²) in [6.07, 6.45) is 2.91. The Labute approximate surface area is 127 Å². The van der Waals surface area contributed by atoms with E-state index < -0.39 is 11.8 Å². The first-order chi connectivity index (χ1) is 10.1. The van der Waals surface area contributed by atoms with E-state index >= 15 is 0 Å². The Morgan fingerprint density at radius 2 is 2.10 bits per heavy atom. The second-order valence-electron chi connectivity index (χ2n) is 4.22. The predicted octanol–water partition coefficient (Wildman–Crippen LogP) is 1.37. The summed E-state index contributed by atoms with van der Waals surface area (Å²) in [6, 6.07) is 8.73. The number of hydrogen-bond acceptors (Lipinski definition) is 4. The van der Waals surface area contributed by atoms with Crippen molar-refractivity contribution in [2.75, 3.05) is 6.54 Å². The zero-order chi connectivity index (χ0) is 15.4. The third-order valence-electron chi connectivity index (χ3n) is 2.88. The molecule has 0 bridgehead atoms. The summed E-state index contributed by atoms with van der Waals surface area (Å²) in [6.45, 7) is 3.75. The molecule has 1 aromatic carbocycles. The molecule has 5 nitrogen and oxygen atoms in total. The number of benzene rings is 1. The standard InChI is InChI=1S/C15H11N3O2S/c1-2-7-18-14(20)12(13(19)17-15(18)21)8-10-5-3-4-6-11(10)9-16/h2-6,8H,1,7H2,(H,17,19,21)/b12-8-. The van der Waals surface area contributed by atoms with Crippen LogP contribution in [0.5, 0.6) is 0 Å². The van der Waals surface area contributed by atoms with Crippen molar-refractivity contribution in [1.29, 1.82) is 5.26 Å². The van der Waals surface area contributed by atoms with Gasteiger partial charge in [0.15, 0.2) is 5.11 Å². The molecule has 2 amide bonds. The van der Waals surface area contributed by atoms with Gasteiger partial charge in [0.1, 0.15) is 5.57 Å². The molecular formula is C15H11N3O2S. The third kappa shape index (κ3) is 2.88. The van der Waals surface area contributed by atoms with Crippen LogP contribution in [0.2, 0.25) is 0 Å². The largest absolute Gasteiger partial charge is 0.298 e. The molecule has 0 radical (unpaired) electrons. The van der Waals surface area contributed by atoms with Gasteiger partial charge in [0.2, 0.25) is 0 Å². The molecule has 1 aliphatic heterocycles. The fourth-order valence-corrected chi connectivity index (χ4v) is 2.12. The first kappa shape index (κ1) is 14.6. The van der Waals surface area contributed by atoms with Gasteiger partial charge >= 0.3 is 0 Å². The Balaban J connectivity index is 2.46. The van der Waals surface area contributed by atoms with Crippen molar-refractivity contribution < 1.29 is 9.59 Å². The first-order valence-corrected chi connectivity index (χ1v) is 6.48. The fraction of sp³-hybridized carbons (Fsp3) is 0.0667. The Bertz CT molecular complexity index is 716. The minimum absolute atomic E-state index is 0.0515. The fourth-order valence-electron chi connectivity index (χ4n) is 1.87. The predicted molar refractivity (Wildman–Crippen MR) is 81.8 cm³/mol. The Kier molecular flexibility index (Phi) is 4.26. The van der Waals surface area contributed by atoms with E-state index in [0.29, 0.717) is 11.1 Å². The number of hydrogen-bond donors (Lipinski definition) is 1. The maximum Gasteiger partial charge on any atom is 0.265 e. The summed E-state index contributed by atoms with van der Waals surface area (Å²) in [7, 11) is 0. The maximum absolute atomic E-state index is 12.3. The van der Waals surface area contributed by atoms with Crippen LogP contribution in [0, 0.1) is 11.3 Å². The highest BCUT2D eigenvalue weighted by Gasteiger charge is 2.32. The van der Waals surface area contributed by atoms with E-state index in [2.05, 4.69) is 11.9 Å². The summed E-state index contributed by atoms with van der Waals surface area (Å²) in [5, 5.41) is 11.6. The van der Waals surface area contributed by atoms with Gasteiger partial charge in [-0.25, -0.2) is 0 Å². The number of amides is 2. The van der Waals surface area contributed by atoms with Gasteiger partial charge in [-0.1, -0.05) is 24.3 Å². The average molecular weight is 297 g/mol. The van der Waals surface area contributed by atoms with Crippen LogP contribution in [0.4, 0.5) is 0 Å². The monoisotopic (exact) mass is 297 g/mol. The molecule has 21 heavy (non-hydrogen) atoms. The van der Waals surface area contributed by atoms with Crippen molar-refractivity contribution in [2.24, 2.45) is 0 Å². The van der Waals surface area contributed by atoms with Gasteiger partial charge in [0, 0.05) is 6.54 Å². The molecule has 2 rings (SSSR count). The molecule has 1 saturated heterocycles. The Morgan fingerprint density at radius 1 is 1.38 bits per heavy atom. The second kappa shape index (κ2) is 6.11. The summed E-state index contributed by atoms with van der Waals surface area (Å²) in [5.41, 5.74) is 0.826. The topological polar surface area (TPSA) is 73.2 Å². The van der Waals surface area contributed by atoms with Crippen LogP contribution < -0.4 is 5.32 Å². The number of rotatable bonds is 3. The van der Waals surface area contributed by atoms with Crippen molar-refractivity contribution in [3.63, 3.8) is 0 Å². The van der Waals surface area contributed by atoms with Crippen molar-refractivity contribution in [1.82, 2.24) is 10.2 Å². The highest BCUT2D eigenvalue weighted by molar-refractivity contribution is 7.80. The van der Waals surface area contributed by atoms with Crippen molar-refractivity contribution in [3.05, 3.63) is 53.6 Å². The molecule has 0 aromatic heterocycles. The van der Waals surface area contributed by atoms with Gasteiger partial charge in [-0.15, -0.1) is 6.58 Å². The lowest BCUT2D eigenvalue weighted by atomic mass is 10.0. The minimum Gasteiger partial charge on any atom is -0.298 e. The van der Waals surface area contributed by atoms with Gasteiger partial charge in [0.25, 0.3) is 11.8 Å². The molecule has 6 heteroatoms. The molecule has 0 saturated carbocycles. The van der Waals surface area contributed by atoms with Crippen LogP contribution in [0.15, 0.2) is 42.5 Å². The maximum atomic E-state index is 12.3. The van der Waals surface area contributed by atoms with E-state index in [4.69, 9.17) is 17.5 Å². The van der Waals surface area contributed by atoms with Gasteiger partial charge in [0.05, 0.1) is 11.6 Å². The van der Waals surface area contributed by atoms with E-state index in [1.165, 1.54) is 17.1 Å². The third-order valence-corrected chi connectivity index (χ3v) is 3.20.